The third kappa shape index (κ3) is 4.46. The quantitative estimate of drug-likeness (QED) is 0.627. The summed E-state index contributed by atoms with van der Waals surface area (Å²) in [7, 11) is 0. The molecule has 0 aliphatic carbocycles. The molecule has 1 aliphatic heterocycles. The molecule has 0 radical (unpaired) electrons. The Balaban J connectivity index is 1.61. The molecule has 3 nitrogen and oxygen atoms in total. The Morgan fingerprint density at radius 1 is 1.35 bits per heavy atom. The standard InChI is InChI=1S/C17H17NO2/c1-2-3-4-8-11-15-16(20-15)17(19)18-13-12-14-9-6-5-7-10-14/h1,5-7,9-10,15-16H,8,11-13H2,(H,18,19)/t15-,16-/m1/s1. The van der Waals surface area contributed by atoms with Gasteiger partial charge in [0.1, 0.15) is 0 Å². The highest BCUT2D eigenvalue weighted by molar-refractivity contribution is 5.83. The zero-order chi connectivity index (χ0) is 14.2. The minimum Gasteiger partial charge on any atom is -0.359 e. The Morgan fingerprint density at radius 2 is 2.15 bits per heavy atom. The van der Waals surface area contributed by atoms with Crippen LogP contribution in [0.25, 0.3) is 0 Å². The van der Waals surface area contributed by atoms with Crippen LogP contribution < -0.4 is 5.32 Å². The van der Waals surface area contributed by atoms with Crippen molar-refractivity contribution in [3.63, 3.8) is 0 Å². The molecule has 1 aromatic carbocycles. The summed E-state index contributed by atoms with van der Waals surface area (Å²) in [4.78, 5) is 11.8. The first-order chi connectivity index (χ1) is 9.81. The van der Waals surface area contributed by atoms with E-state index in [2.05, 4.69) is 23.1 Å². The molecule has 0 bridgehead atoms. The molecule has 102 valence electrons. The van der Waals surface area contributed by atoms with Crippen LogP contribution in [0.1, 0.15) is 18.4 Å². The summed E-state index contributed by atoms with van der Waals surface area (Å²) >= 11 is 0. The number of nitrogens with one attached hydrogen (secondary N) is 1. The van der Waals surface area contributed by atoms with E-state index in [1.54, 1.807) is 0 Å². The molecule has 0 aromatic heterocycles. The fourth-order valence-electron chi connectivity index (χ4n) is 2.00. The molecule has 0 spiro atoms. The molecular formula is C17H17NO2. The molecule has 2 rings (SSSR count). The van der Waals surface area contributed by atoms with Gasteiger partial charge >= 0.3 is 0 Å². The van der Waals surface area contributed by atoms with Crippen LogP contribution in [0.4, 0.5) is 0 Å². The molecule has 0 unspecified atom stereocenters. The lowest BCUT2D eigenvalue weighted by Gasteiger charge is -2.03. The van der Waals surface area contributed by atoms with Crippen LogP contribution in [0.3, 0.4) is 0 Å². The van der Waals surface area contributed by atoms with E-state index in [0.29, 0.717) is 13.0 Å². The summed E-state index contributed by atoms with van der Waals surface area (Å²) < 4.78 is 5.33. The summed E-state index contributed by atoms with van der Waals surface area (Å²) in [5.74, 6) is 7.61. The van der Waals surface area contributed by atoms with Gasteiger partial charge in [0.05, 0.1) is 6.10 Å². The van der Waals surface area contributed by atoms with Gasteiger partial charge < -0.3 is 10.1 Å². The maximum absolute atomic E-state index is 11.8. The number of rotatable bonds is 6. The predicted octanol–water partition coefficient (Wildman–Crippen LogP) is 1.53. The molecule has 1 N–H and O–H groups in total. The maximum Gasteiger partial charge on any atom is 0.251 e. The molecule has 1 amide bonds. The number of carbonyl (C=O) groups excluding carboxylic acids is 1. The van der Waals surface area contributed by atoms with Crippen molar-refractivity contribution < 1.29 is 9.53 Å². The Morgan fingerprint density at radius 3 is 2.90 bits per heavy atom. The van der Waals surface area contributed by atoms with Crippen LogP contribution in [-0.4, -0.2) is 24.7 Å². The molecule has 1 heterocycles. The SMILES string of the molecule is C#CC#CCC[C@H]1O[C@H]1C(=O)NCCc1ccccc1. The Kier molecular flexibility index (Phi) is 5.24. The Hall–Kier alpha value is -2.23. The number of benzene rings is 1. The summed E-state index contributed by atoms with van der Waals surface area (Å²) in [6.07, 6.45) is 6.97. The van der Waals surface area contributed by atoms with Gasteiger partial charge in [-0.1, -0.05) is 36.3 Å². The van der Waals surface area contributed by atoms with Crippen molar-refractivity contribution in [3.8, 4) is 24.2 Å². The molecule has 3 heteroatoms. The topological polar surface area (TPSA) is 41.6 Å². The van der Waals surface area contributed by atoms with Crippen molar-refractivity contribution >= 4 is 5.91 Å². The van der Waals surface area contributed by atoms with E-state index < -0.39 is 0 Å². The fraction of sp³-hybridized carbons (Fsp3) is 0.353. The number of hydrogen-bond acceptors (Lipinski definition) is 2. The Labute approximate surface area is 119 Å². The lowest BCUT2D eigenvalue weighted by molar-refractivity contribution is -0.122. The van der Waals surface area contributed by atoms with Gasteiger partial charge in [0.25, 0.3) is 5.91 Å². The third-order valence-electron chi connectivity index (χ3n) is 3.11. The van der Waals surface area contributed by atoms with Crippen molar-refractivity contribution in [1.82, 2.24) is 5.32 Å². The van der Waals surface area contributed by atoms with Gasteiger partial charge in [-0.05, 0) is 30.2 Å². The fourth-order valence-corrected chi connectivity index (χ4v) is 2.00. The highest BCUT2D eigenvalue weighted by Crippen LogP contribution is 2.26. The lowest BCUT2D eigenvalue weighted by atomic mass is 10.1. The molecule has 2 atom stereocenters. The second-order valence-electron chi connectivity index (χ2n) is 4.61. The van der Waals surface area contributed by atoms with E-state index >= 15 is 0 Å². The average molecular weight is 267 g/mol. The van der Waals surface area contributed by atoms with Gasteiger partial charge in [-0.15, -0.1) is 6.42 Å². The van der Waals surface area contributed by atoms with Crippen molar-refractivity contribution in [1.29, 1.82) is 0 Å². The minimum atomic E-state index is -0.307. The number of amides is 1. The van der Waals surface area contributed by atoms with Gasteiger partial charge in [-0.25, -0.2) is 0 Å². The largest absolute Gasteiger partial charge is 0.359 e. The maximum atomic E-state index is 11.8. The van der Waals surface area contributed by atoms with E-state index in [1.807, 2.05) is 30.3 Å². The van der Waals surface area contributed by atoms with E-state index in [4.69, 9.17) is 11.2 Å². The molecule has 1 fully saturated rings. The number of hydrogen-bond donors (Lipinski definition) is 1. The lowest BCUT2D eigenvalue weighted by Crippen LogP contribution is -2.30. The van der Waals surface area contributed by atoms with Crippen LogP contribution >= 0.6 is 0 Å². The second-order valence-corrected chi connectivity index (χ2v) is 4.61. The minimum absolute atomic E-state index is 0.00111. The number of ether oxygens (including phenoxy) is 1. The Bertz CT molecular complexity index is 548. The van der Waals surface area contributed by atoms with Gasteiger partial charge in [-0.2, -0.15) is 0 Å². The molecular weight excluding hydrogens is 250 g/mol. The molecule has 1 saturated heterocycles. The van der Waals surface area contributed by atoms with Crippen LogP contribution in [0, 0.1) is 24.2 Å². The number of terminal acetylenes is 1. The van der Waals surface area contributed by atoms with E-state index in [1.165, 1.54) is 5.56 Å². The van der Waals surface area contributed by atoms with E-state index in [9.17, 15) is 4.79 Å². The van der Waals surface area contributed by atoms with E-state index in [-0.39, 0.29) is 18.1 Å². The zero-order valence-electron chi connectivity index (χ0n) is 11.3. The molecule has 1 aliphatic rings. The summed E-state index contributed by atoms with van der Waals surface area (Å²) in [5.41, 5.74) is 1.21. The zero-order valence-corrected chi connectivity index (χ0v) is 11.3. The summed E-state index contributed by atoms with van der Waals surface area (Å²) in [6, 6.07) is 10.1. The first kappa shape index (κ1) is 14.2. The highest BCUT2D eigenvalue weighted by Gasteiger charge is 2.43. The van der Waals surface area contributed by atoms with Crippen LogP contribution in [0.5, 0.6) is 0 Å². The van der Waals surface area contributed by atoms with Crippen molar-refractivity contribution in [2.24, 2.45) is 0 Å². The van der Waals surface area contributed by atoms with Crippen LogP contribution in [0.15, 0.2) is 30.3 Å². The molecule has 1 aromatic rings. The first-order valence-corrected chi connectivity index (χ1v) is 6.72. The van der Waals surface area contributed by atoms with Gasteiger partial charge in [0.2, 0.25) is 0 Å². The molecule has 20 heavy (non-hydrogen) atoms. The summed E-state index contributed by atoms with van der Waals surface area (Å²) in [6.45, 7) is 0.631. The van der Waals surface area contributed by atoms with Gasteiger partial charge in [-0.3, -0.25) is 4.79 Å². The third-order valence-corrected chi connectivity index (χ3v) is 3.11. The van der Waals surface area contributed by atoms with Gasteiger partial charge in [0.15, 0.2) is 6.10 Å². The van der Waals surface area contributed by atoms with Crippen LogP contribution in [0.2, 0.25) is 0 Å². The second kappa shape index (κ2) is 7.38. The van der Waals surface area contributed by atoms with Crippen molar-refractivity contribution in [3.05, 3.63) is 35.9 Å². The highest BCUT2D eigenvalue weighted by atomic mass is 16.6. The monoisotopic (exact) mass is 267 g/mol. The average Bonchev–Trinajstić information content (AvgIpc) is 3.24. The van der Waals surface area contributed by atoms with Gasteiger partial charge in [0, 0.05) is 13.0 Å². The number of carbonyl (C=O) groups is 1. The van der Waals surface area contributed by atoms with Crippen molar-refractivity contribution in [2.45, 2.75) is 31.5 Å². The predicted molar refractivity (Wildman–Crippen MR) is 77.7 cm³/mol. The van der Waals surface area contributed by atoms with Crippen LogP contribution in [-0.2, 0) is 16.0 Å². The smallest absolute Gasteiger partial charge is 0.251 e. The number of epoxide rings is 1. The van der Waals surface area contributed by atoms with E-state index in [0.717, 1.165) is 12.8 Å². The molecule has 0 saturated carbocycles. The summed E-state index contributed by atoms with van der Waals surface area (Å²) in [5, 5.41) is 2.89. The normalized spacial score (nSPS) is 19.4. The first-order valence-electron chi connectivity index (χ1n) is 6.72. The van der Waals surface area contributed by atoms with Crippen molar-refractivity contribution in [2.75, 3.05) is 6.54 Å².